The summed E-state index contributed by atoms with van der Waals surface area (Å²) in [4.78, 5) is 47.0. The number of benzene rings is 4. The van der Waals surface area contributed by atoms with E-state index in [4.69, 9.17) is 56.2 Å². The summed E-state index contributed by atoms with van der Waals surface area (Å²) in [6, 6.07) is 29.2. The first-order chi connectivity index (χ1) is 26.8. The third-order valence-corrected chi connectivity index (χ3v) is 8.30. The number of carbonyl (C=O) groups excluding carboxylic acids is 3. The quantitative estimate of drug-likeness (QED) is 0.0276. The minimum absolute atomic E-state index is 0.00103. The van der Waals surface area contributed by atoms with Gasteiger partial charge < -0.3 is 31.9 Å². The van der Waals surface area contributed by atoms with Crippen LogP contribution in [0.15, 0.2) is 107 Å². The number of nitrogens with one attached hydrogen (secondary N) is 4. The van der Waals surface area contributed by atoms with Crippen molar-refractivity contribution in [2.75, 3.05) is 6.61 Å². The number of amides is 2. The molecule has 0 unspecified atom stereocenters. The molecule has 296 valence electrons. The molecule has 0 fully saturated rings. The standard InChI is InChI=1S/C20H24ClN5O3.C18H20ClN5O3/c1-2-29-18(27)12-17(24-20(28)19(22)25-26-23)10-13-6-8-14(9-7-13)15-4-3-5-16(21)11-15;19-14-3-1-2-13(9-14)12-6-4-11(5-7-12)8-15(10-16(25)26)22-18(27)17(20)23-24-21/h3-9,11,17,26H,2,10,12,23H2,1H3,(H2,22,25)(H,24,28);1-7,9,15,24H,8,10,21H2,(H2,20,23)(H,22,27)(H,25,26)/t17-;15-/m11/s1. The van der Waals surface area contributed by atoms with Gasteiger partial charge in [-0.2, -0.15) is 0 Å². The third-order valence-electron chi connectivity index (χ3n) is 7.83. The maximum atomic E-state index is 12.1. The topological polar surface area (TPSA) is 275 Å². The molecule has 4 aromatic carbocycles. The Kier molecular flexibility index (Phi) is 18.1. The maximum Gasteiger partial charge on any atom is 0.307 e. The summed E-state index contributed by atoms with van der Waals surface area (Å²) < 4.78 is 4.99. The molecule has 16 nitrogen and oxygen atoms in total. The van der Waals surface area contributed by atoms with Gasteiger partial charge in [-0.05, 0) is 77.4 Å². The number of nitrogens with two attached hydrogens (primary N) is 4. The van der Waals surface area contributed by atoms with Crippen LogP contribution in [-0.4, -0.2) is 59.2 Å². The highest BCUT2D eigenvalue weighted by Crippen LogP contribution is 2.25. The number of rotatable bonds is 15. The average molecular weight is 808 g/mol. The van der Waals surface area contributed by atoms with Crippen molar-refractivity contribution in [3.63, 3.8) is 0 Å². The fraction of sp³-hybridized carbons (Fsp3) is 0.211. The van der Waals surface area contributed by atoms with Gasteiger partial charge in [-0.3, -0.25) is 19.2 Å². The lowest BCUT2D eigenvalue weighted by Gasteiger charge is -2.18. The summed E-state index contributed by atoms with van der Waals surface area (Å²) in [6.07, 6.45) is 0.463. The Bertz CT molecular complexity index is 2000. The smallest absolute Gasteiger partial charge is 0.307 e. The second-order valence-corrected chi connectivity index (χ2v) is 12.9. The van der Waals surface area contributed by atoms with Gasteiger partial charge in [0, 0.05) is 22.1 Å². The number of halogens is 2. The first kappa shape index (κ1) is 44.2. The summed E-state index contributed by atoms with van der Waals surface area (Å²) in [5, 5.41) is 22.4. The number of amidine groups is 2. The number of hydrogen-bond acceptors (Lipinski definition) is 11. The molecule has 0 radical (unpaired) electrons. The molecular formula is C38H44Cl2N10O6. The average Bonchev–Trinajstić information content (AvgIpc) is 3.15. The molecule has 18 heteroatoms. The van der Waals surface area contributed by atoms with E-state index in [0.717, 1.165) is 33.4 Å². The summed E-state index contributed by atoms with van der Waals surface area (Å²) in [7, 11) is 0. The van der Waals surface area contributed by atoms with Crippen LogP contribution >= 0.6 is 23.2 Å². The molecule has 0 spiro atoms. The maximum absolute atomic E-state index is 12.1. The molecule has 0 heterocycles. The van der Waals surface area contributed by atoms with Crippen LogP contribution in [0.3, 0.4) is 0 Å². The minimum Gasteiger partial charge on any atom is -0.481 e. The molecular weight excluding hydrogens is 763 g/mol. The zero-order chi connectivity index (χ0) is 41.0. The van der Waals surface area contributed by atoms with Crippen molar-refractivity contribution in [3.05, 3.63) is 118 Å². The number of hydrazone groups is 2. The highest BCUT2D eigenvalue weighted by Gasteiger charge is 2.21. The lowest BCUT2D eigenvalue weighted by atomic mass is 9.99. The SMILES string of the molecule is CCOC(=O)C[C@@H](Cc1ccc(-c2cccc(Cl)c2)cc1)NC(=O)/C(N)=N/NN.NN/N=C(\N)C(=O)N[C@@H](CC(=O)O)Cc1ccc(-c2cccc(Cl)c2)cc1. The lowest BCUT2D eigenvalue weighted by molar-refractivity contribution is -0.144. The minimum atomic E-state index is -1.04. The fourth-order valence-electron chi connectivity index (χ4n) is 5.31. The Morgan fingerprint density at radius 2 is 1.07 bits per heavy atom. The Balaban J connectivity index is 0.000000301. The van der Waals surface area contributed by atoms with E-state index in [9.17, 15) is 19.2 Å². The van der Waals surface area contributed by atoms with Gasteiger partial charge >= 0.3 is 11.9 Å². The Morgan fingerprint density at radius 3 is 1.43 bits per heavy atom. The van der Waals surface area contributed by atoms with Crippen molar-refractivity contribution in [1.29, 1.82) is 0 Å². The predicted octanol–water partition coefficient (Wildman–Crippen LogP) is 2.97. The Morgan fingerprint density at radius 1 is 0.661 bits per heavy atom. The van der Waals surface area contributed by atoms with E-state index >= 15 is 0 Å². The molecule has 2 atom stereocenters. The van der Waals surface area contributed by atoms with Gasteiger partial charge in [-0.25, -0.2) is 22.8 Å². The van der Waals surface area contributed by atoms with Gasteiger partial charge in [0.2, 0.25) is 11.7 Å². The van der Waals surface area contributed by atoms with Gasteiger partial charge in [-0.1, -0.05) is 96.0 Å². The molecule has 0 aliphatic heterocycles. The number of esters is 1. The molecule has 56 heavy (non-hydrogen) atoms. The van der Waals surface area contributed by atoms with Crippen molar-refractivity contribution >= 4 is 58.6 Å². The molecule has 0 aromatic heterocycles. The molecule has 0 bridgehead atoms. The van der Waals surface area contributed by atoms with E-state index in [1.54, 1.807) is 13.0 Å². The number of hydrogen-bond donors (Lipinski definition) is 9. The number of nitrogens with zero attached hydrogens (tertiary/aromatic N) is 2. The van der Waals surface area contributed by atoms with Crippen molar-refractivity contribution < 1.29 is 29.0 Å². The van der Waals surface area contributed by atoms with Crippen molar-refractivity contribution in [1.82, 2.24) is 21.7 Å². The number of ether oxygens (including phenoxy) is 1. The number of carboxylic acids is 1. The first-order valence-corrected chi connectivity index (χ1v) is 17.8. The number of aliphatic carboxylic acids is 1. The number of carbonyl (C=O) groups is 4. The van der Waals surface area contributed by atoms with E-state index in [0.29, 0.717) is 22.9 Å². The van der Waals surface area contributed by atoms with Gasteiger partial charge in [0.1, 0.15) is 0 Å². The van der Waals surface area contributed by atoms with Crippen molar-refractivity contribution in [2.45, 2.75) is 44.7 Å². The molecule has 4 aromatic rings. The monoisotopic (exact) mass is 806 g/mol. The Labute approximate surface area is 333 Å². The summed E-state index contributed by atoms with van der Waals surface area (Å²) in [5.74, 6) is 6.50. The molecule has 13 N–H and O–H groups in total. The van der Waals surface area contributed by atoms with Crippen molar-refractivity contribution in [3.8, 4) is 22.3 Å². The third kappa shape index (κ3) is 15.3. The molecule has 2 amide bonds. The first-order valence-electron chi connectivity index (χ1n) is 17.1. The van der Waals surface area contributed by atoms with E-state index in [2.05, 4.69) is 20.8 Å². The molecule has 0 aliphatic rings. The fourth-order valence-corrected chi connectivity index (χ4v) is 5.69. The zero-order valence-electron chi connectivity index (χ0n) is 30.4. The summed E-state index contributed by atoms with van der Waals surface area (Å²) in [5.41, 5.74) is 20.6. The normalized spacial score (nSPS) is 12.2. The van der Waals surface area contributed by atoms with Crippen LogP contribution in [0.1, 0.15) is 30.9 Å². The predicted molar refractivity (Wildman–Crippen MR) is 216 cm³/mol. The molecule has 0 aliphatic carbocycles. The Hall–Kier alpha value is -6.20. The lowest BCUT2D eigenvalue weighted by Crippen LogP contribution is -2.45. The van der Waals surface area contributed by atoms with Crippen LogP contribution in [0, 0.1) is 0 Å². The highest BCUT2D eigenvalue weighted by atomic mass is 35.5. The van der Waals surface area contributed by atoms with Crippen molar-refractivity contribution in [2.24, 2.45) is 33.4 Å². The van der Waals surface area contributed by atoms with E-state index in [1.807, 2.05) is 102 Å². The largest absolute Gasteiger partial charge is 0.481 e. The van der Waals surface area contributed by atoms with Crippen LogP contribution < -0.4 is 44.9 Å². The van der Waals surface area contributed by atoms with Crippen LogP contribution in [0.5, 0.6) is 0 Å². The van der Waals surface area contributed by atoms with Gasteiger partial charge in [0.05, 0.1) is 19.4 Å². The number of hydrazine groups is 2. The second-order valence-electron chi connectivity index (χ2n) is 12.0. The zero-order valence-corrected chi connectivity index (χ0v) is 31.9. The molecule has 0 saturated heterocycles. The van der Waals surface area contributed by atoms with Crippen LogP contribution in [0.2, 0.25) is 10.0 Å². The second kappa shape index (κ2) is 22.9. The van der Waals surface area contributed by atoms with E-state index < -0.39 is 35.8 Å². The van der Waals surface area contributed by atoms with E-state index in [-0.39, 0.29) is 31.1 Å². The van der Waals surface area contributed by atoms with Gasteiger partial charge in [0.15, 0.2) is 0 Å². The van der Waals surface area contributed by atoms with Crippen LogP contribution in [0.4, 0.5) is 0 Å². The molecule has 4 rings (SSSR count). The molecule has 0 saturated carbocycles. The van der Waals surface area contributed by atoms with Gasteiger partial charge in [-0.15, -0.1) is 10.2 Å². The summed E-state index contributed by atoms with van der Waals surface area (Å²) in [6.45, 7) is 1.98. The summed E-state index contributed by atoms with van der Waals surface area (Å²) >= 11 is 12.1. The number of carboxylic acid groups (broad SMARTS) is 1. The van der Waals surface area contributed by atoms with Crippen LogP contribution in [-0.2, 0) is 36.8 Å². The van der Waals surface area contributed by atoms with Gasteiger partial charge in [0.25, 0.3) is 11.8 Å². The van der Waals surface area contributed by atoms with Crippen LogP contribution in [0.25, 0.3) is 22.3 Å². The van der Waals surface area contributed by atoms with E-state index in [1.165, 1.54) is 0 Å². The highest BCUT2D eigenvalue weighted by molar-refractivity contribution is 6.37.